The van der Waals surface area contributed by atoms with Gasteiger partial charge < -0.3 is 29.0 Å². The monoisotopic (exact) mass is 614 g/mol. The van der Waals surface area contributed by atoms with Crippen molar-refractivity contribution in [2.24, 2.45) is 0 Å². The molecule has 5 rings (SSSR count). The first-order valence-electron chi connectivity index (χ1n) is 15.6. The van der Waals surface area contributed by atoms with Crippen LogP contribution in [0.4, 0.5) is 0 Å². The Morgan fingerprint density at radius 2 is 1.71 bits per heavy atom. The molecule has 2 aliphatic rings. The van der Waals surface area contributed by atoms with E-state index >= 15 is 0 Å². The van der Waals surface area contributed by atoms with Crippen LogP contribution in [0.15, 0.2) is 72.3 Å². The van der Waals surface area contributed by atoms with Crippen LogP contribution in [0.5, 0.6) is 17.2 Å². The molecule has 45 heavy (non-hydrogen) atoms. The summed E-state index contributed by atoms with van der Waals surface area (Å²) < 4.78 is 23.0. The number of ether oxygens (including phenoxy) is 4. The first-order chi connectivity index (χ1) is 21.9. The highest BCUT2D eigenvalue weighted by atomic mass is 16.5. The second kappa shape index (κ2) is 15.1. The summed E-state index contributed by atoms with van der Waals surface area (Å²) in [6.07, 6.45) is 1.90. The summed E-state index contributed by atoms with van der Waals surface area (Å²) in [4.78, 5) is 30.9. The van der Waals surface area contributed by atoms with E-state index in [9.17, 15) is 14.7 Å². The zero-order valence-electron chi connectivity index (χ0n) is 26.3. The topological polar surface area (TPSA) is 97.8 Å². The molecule has 2 saturated heterocycles. The highest BCUT2D eigenvalue weighted by molar-refractivity contribution is 6.46. The summed E-state index contributed by atoms with van der Waals surface area (Å²) >= 11 is 0. The van der Waals surface area contributed by atoms with Gasteiger partial charge in [-0.2, -0.15) is 0 Å². The number of likely N-dealkylation sites (tertiary alicyclic amines) is 1. The molecule has 0 aliphatic carbocycles. The van der Waals surface area contributed by atoms with E-state index in [1.807, 2.05) is 37.3 Å². The lowest BCUT2D eigenvalue weighted by molar-refractivity contribution is -0.140. The first kappa shape index (κ1) is 32.1. The van der Waals surface area contributed by atoms with E-state index < -0.39 is 17.7 Å². The van der Waals surface area contributed by atoms with Crippen molar-refractivity contribution in [1.29, 1.82) is 0 Å². The molecular weight excluding hydrogens is 572 g/mol. The molecule has 1 amide bonds. The lowest BCUT2D eigenvalue weighted by Crippen LogP contribution is -2.42. The average Bonchev–Trinajstić information content (AvgIpc) is 3.32. The number of nitrogens with zero attached hydrogens (tertiary/aromatic N) is 2. The summed E-state index contributed by atoms with van der Waals surface area (Å²) in [5.74, 6) is 0.108. The SMILES string of the molecule is CCCCOc1ccc(C2/C(=C(\O)c3ccc(OCc4ccccc4C)cc3)C(=O)C(=O)N2CCN2CCOCC2)cc1OC. The third-order valence-electron chi connectivity index (χ3n) is 8.34. The highest BCUT2D eigenvalue weighted by Crippen LogP contribution is 2.42. The number of aliphatic hydroxyl groups is 1. The number of carbonyl (C=O) groups excluding carboxylic acids is 2. The fraction of sp³-hybridized carbons (Fsp3) is 0.389. The fourth-order valence-electron chi connectivity index (χ4n) is 5.63. The van der Waals surface area contributed by atoms with Crippen LogP contribution in [0.3, 0.4) is 0 Å². The van der Waals surface area contributed by atoms with Crippen molar-refractivity contribution in [3.05, 3.63) is 94.6 Å². The van der Waals surface area contributed by atoms with Crippen LogP contribution >= 0.6 is 0 Å². The molecule has 2 heterocycles. The number of carbonyl (C=O) groups is 2. The minimum Gasteiger partial charge on any atom is -0.507 e. The van der Waals surface area contributed by atoms with Gasteiger partial charge in [-0.05, 0) is 66.4 Å². The first-order valence-corrected chi connectivity index (χ1v) is 15.6. The number of morpholine rings is 1. The minimum absolute atomic E-state index is 0.0391. The van der Waals surface area contributed by atoms with Crippen molar-refractivity contribution >= 4 is 17.4 Å². The molecule has 1 N–H and O–H groups in total. The number of unbranched alkanes of at least 4 members (excludes halogenated alkanes) is 1. The van der Waals surface area contributed by atoms with Gasteiger partial charge in [0.2, 0.25) is 0 Å². The van der Waals surface area contributed by atoms with Gasteiger partial charge in [-0.1, -0.05) is 43.7 Å². The molecule has 2 aliphatic heterocycles. The van der Waals surface area contributed by atoms with Crippen molar-refractivity contribution in [2.75, 3.05) is 53.1 Å². The molecule has 3 aromatic carbocycles. The second-order valence-corrected chi connectivity index (χ2v) is 11.3. The van der Waals surface area contributed by atoms with Gasteiger partial charge in [-0.15, -0.1) is 0 Å². The Bertz CT molecular complexity index is 1510. The fourth-order valence-corrected chi connectivity index (χ4v) is 5.63. The summed E-state index contributed by atoms with van der Waals surface area (Å²) in [5, 5.41) is 11.6. The molecule has 9 nitrogen and oxygen atoms in total. The van der Waals surface area contributed by atoms with E-state index in [1.165, 1.54) is 0 Å². The van der Waals surface area contributed by atoms with Gasteiger partial charge in [0.05, 0.1) is 38.5 Å². The molecule has 0 bridgehead atoms. The Morgan fingerprint density at radius 1 is 0.956 bits per heavy atom. The van der Waals surface area contributed by atoms with Gasteiger partial charge >= 0.3 is 0 Å². The van der Waals surface area contributed by atoms with E-state index in [4.69, 9.17) is 18.9 Å². The van der Waals surface area contributed by atoms with Crippen LogP contribution in [-0.2, 0) is 20.9 Å². The maximum Gasteiger partial charge on any atom is 0.295 e. The van der Waals surface area contributed by atoms with Crippen LogP contribution < -0.4 is 14.2 Å². The second-order valence-electron chi connectivity index (χ2n) is 11.3. The number of hydrogen-bond donors (Lipinski definition) is 1. The molecule has 0 saturated carbocycles. The maximum absolute atomic E-state index is 13.6. The normalized spacial score (nSPS) is 18.3. The van der Waals surface area contributed by atoms with E-state index in [-0.39, 0.29) is 11.3 Å². The summed E-state index contributed by atoms with van der Waals surface area (Å²) in [7, 11) is 1.56. The lowest BCUT2D eigenvalue weighted by atomic mass is 9.95. The van der Waals surface area contributed by atoms with E-state index in [0.717, 1.165) is 37.1 Å². The molecule has 9 heteroatoms. The van der Waals surface area contributed by atoms with Gasteiger partial charge in [0.1, 0.15) is 18.1 Å². The Labute approximate surface area is 265 Å². The molecule has 0 spiro atoms. The Kier molecular flexibility index (Phi) is 10.8. The quantitative estimate of drug-likeness (QED) is 0.116. The van der Waals surface area contributed by atoms with Crippen molar-refractivity contribution in [1.82, 2.24) is 9.80 Å². The van der Waals surface area contributed by atoms with E-state index in [2.05, 4.69) is 11.8 Å². The van der Waals surface area contributed by atoms with E-state index in [0.29, 0.717) is 67.9 Å². The Hall–Kier alpha value is -4.34. The summed E-state index contributed by atoms with van der Waals surface area (Å²) in [5.41, 5.74) is 3.33. The predicted octanol–water partition coefficient (Wildman–Crippen LogP) is 5.52. The molecule has 2 fully saturated rings. The van der Waals surface area contributed by atoms with Crippen LogP contribution in [0.25, 0.3) is 5.76 Å². The van der Waals surface area contributed by atoms with Crippen LogP contribution in [0, 0.1) is 6.92 Å². The number of rotatable bonds is 13. The molecule has 1 atom stereocenters. The van der Waals surface area contributed by atoms with Crippen molar-refractivity contribution in [2.45, 2.75) is 39.3 Å². The zero-order valence-corrected chi connectivity index (χ0v) is 26.3. The number of Topliss-reactive ketones (excluding diaryl/α,β-unsaturated/α-hetero) is 1. The molecule has 0 aromatic heterocycles. The van der Waals surface area contributed by atoms with Crippen LogP contribution in [0.2, 0.25) is 0 Å². The van der Waals surface area contributed by atoms with Gasteiger partial charge in [-0.3, -0.25) is 14.5 Å². The average molecular weight is 615 g/mol. The Balaban J connectivity index is 1.45. The molecular formula is C36H42N2O7. The third-order valence-corrected chi connectivity index (χ3v) is 8.34. The number of hydrogen-bond acceptors (Lipinski definition) is 8. The number of amides is 1. The zero-order chi connectivity index (χ0) is 31.8. The number of aryl methyl sites for hydroxylation is 1. The van der Waals surface area contributed by atoms with Gasteiger partial charge in [-0.25, -0.2) is 0 Å². The molecule has 3 aromatic rings. The largest absolute Gasteiger partial charge is 0.507 e. The third kappa shape index (κ3) is 7.49. The van der Waals surface area contributed by atoms with Crippen molar-refractivity contribution in [3.63, 3.8) is 0 Å². The standard InChI is InChI=1S/C36H42N2O7/c1-4-5-20-44-30-15-12-27(23-31(30)42-3)33-32(35(40)36(41)38(33)17-16-37-18-21-43-22-19-37)34(39)26-10-13-29(14-11-26)45-24-28-9-7-6-8-25(28)2/h6-15,23,33,39H,4-5,16-22,24H2,1-3H3/b34-32+. The van der Waals surface area contributed by atoms with Gasteiger partial charge in [0.25, 0.3) is 11.7 Å². The van der Waals surface area contributed by atoms with Crippen molar-refractivity contribution in [3.8, 4) is 17.2 Å². The molecule has 238 valence electrons. The van der Waals surface area contributed by atoms with Crippen LogP contribution in [0.1, 0.15) is 48.1 Å². The summed E-state index contributed by atoms with van der Waals surface area (Å²) in [6.45, 7) is 8.75. The smallest absolute Gasteiger partial charge is 0.295 e. The van der Waals surface area contributed by atoms with E-state index in [1.54, 1.807) is 48.4 Å². The number of aliphatic hydroxyl groups excluding tert-OH is 1. The molecule has 0 radical (unpaired) electrons. The number of benzene rings is 3. The Morgan fingerprint density at radius 3 is 2.42 bits per heavy atom. The van der Waals surface area contributed by atoms with Gasteiger partial charge in [0, 0.05) is 31.7 Å². The number of methoxy groups -OCH3 is 1. The summed E-state index contributed by atoms with van der Waals surface area (Å²) in [6, 6.07) is 19.5. The van der Waals surface area contributed by atoms with Crippen LogP contribution in [-0.4, -0.2) is 79.7 Å². The highest BCUT2D eigenvalue weighted by Gasteiger charge is 2.46. The van der Waals surface area contributed by atoms with Gasteiger partial charge in [0.15, 0.2) is 11.5 Å². The minimum atomic E-state index is -0.804. The lowest BCUT2D eigenvalue weighted by Gasteiger charge is -2.31. The van der Waals surface area contributed by atoms with Crippen molar-refractivity contribution < 1.29 is 33.6 Å². The number of ketones is 1. The molecule has 1 unspecified atom stereocenters. The predicted molar refractivity (Wildman–Crippen MR) is 172 cm³/mol. The maximum atomic E-state index is 13.6.